The lowest BCUT2D eigenvalue weighted by Crippen LogP contribution is -2.19. The van der Waals surface area contributed by atoms with Crippen molar-refractivity contribution in [3.05, 3.63) is 137 Å². The molecule has 4 heteroatoms. The highest BCUT2D eigenvalue weighted by atomic mass is 16.3. The maximum atomic E-state index is 11.6. The zero-order valence-corrected chi connectivity index (χ0v) is 29.7. The molecule has 1 aromatic heterocycles. The van der Waals surface area contributed by atoms with Crippen molar-refractivity contribution >= 4 is 22.7 Å². The summed E-state index contributed by atoms with van der Waals surface area (Å²) in [6.07, 6.45) is 13.9. The zero-order valence-electron chi connectivity index (χ0n) is 29.7. The van der Waals surface area contributed by atoms with Gasteiger partial charge in [-0.05, 0) is 108 Å². The van der Waals surface area contributed by atoms with Gasteiger partial charge >= 0.3 is 0 Å². The number of rotatable bonds is 6. The summed E-state index contributed by atoms with van der Waals surface area (Å²) < 4.78 is 0. The molecule has 4 nitrogen and oxygen atoms in total. The summed E-state index contributed by atoms with van der Waals surface area (Å²) in [6, 6.07) is 25.1. The van der Waals surface area contributed by atoms with E-state index in [4.69, 9.17) is 15.7 Å². The van der Waals surface area contributed by atoms with Gasteiger partial charge in [0.25, 0.3) is 0 Å². The minimum atomic E-state index is -0.255. The smallest absolute Gasteiger partial charge is 0.128 e. The molecule has 0 aliphatic heterocycles. The maximum Gasteiger partial charge on any atom is 0.128 e. The van der Waals surface area contributed by atoms with Gasteiger partial charge in [-0.1, -0.05) is 102 Å². The van der Waals surface area contributed by atoms with Gasteiger partial charge in [-0.15, -0.1) is 0 Å². The monoisotopic (exact) mass is 635 g/mol. The van der Waals surface area contributed by atoms with E-state index in [1.807, 2.05) is 25.3 Å². The van der Waals surface area contributed by atoms with Crippen LogP contribution in [0.5, 0.6) is 5.75 Å². The molecule has 0 bridgehead atoms. The van der Waals surface area contributed by atoms with E-state index in [0.717, 1.165) is 74.5 Å². The van der Waals surface area contributed by atoms with Crippen molar-refractivity contribution in [3.8, 4) is 28.1 Å². The first kappa shape index (κ1) is 34.4. The number of pyridine rings is 1. The van der Waals surface area contributed by atoms with Crippen molar-refractivity contribution in [3.63, 3.8) is 0 Å². The lowest BCUT2D eigenvalue weighted by Gasteiger charge is -2.28. The third kappa shape index (κ3) is 7.60. The highest BCUT2D eigenvalue weighted by Gasteiger charge is 2.27. The molecule has 1 aliphatic rings. The van der Waals surface area contributed by atoms with E-state index in [9.17, 15) is 5.11 Å². The average molecular weight is 636 g/mol. The molecule has 48 heavy (non-hydrogen) atoms. The van der Waals surface area contributed by atoms with Gasteiger partial charge in [0.15, 0.2) is 0 Å². The summed E-state index contributed by atoms with van der Waals surface area (Å²) in [7, 11) is 0. The molecule has 246 valence electrons. The van der Waals surface area contributed by atoms with Crippen molar-refractivity contribution in [1.82, 2.24) is 4.98 Å². The first-order chi connectivity index (χ1) is 22.8. The minimum absolute atomic E-state index is 0.114. The fraction of sp³-hybridized carbons (Fsp3) is 0.273. The number of nitrogens with zero attached hydrogens (tertiary/aromatic N) is 2. The van der Waals surface area contributed by atoms with E-state index < -0.39 is 0 Å². The normalized spacial score (nSPS) is 16.2. The van der Waals surface area contributed by atoms with Crippen molar-refractivity contribution in [2.45, 2.75) is 79.1 Å². The van der Waals surface area contributed by atoms with Crippen molar-refractivity contribution in [2.24, 2.45) is 10.7 Å². The average Bonchev–Trinajstić information content (AvgIpc) is 3.06. The zero-order chi connectivity index (χ0) is 34.6. The first-order valence-electron chi connectivity index (χ1n) is 16.9. The second-order valence-corrected chi connectivity index (χ2v) is 14.6. The summed E-state index contributed by atoms with van der Waals surface area (Å²) in [5, 5.41) is 11.6. The number of aromatic nitrogens is 1. The summed E-state index contributed by atoms with van der Waals surface area (Å²) in [6.45, 7) is 17.0. The summed E-state index contributed by atoms with van der Waals surface area (Å²) in [4.78, 5) is 10.0. The Labute approximate surface area is 287 Å². The molecule has 5 rings (SSSR count). The number of aliphatic imine (C=N–C) groups is 1. The van der Waals surface area contributed by atoms with Gasteiger partial charge in [0.1, 0.15) is 5.75 Å². The van der Waals surface area contributed by atoms with E-state index in [2.05, 4.69) is 140 Å². The predicted molar refractivity (Wildman–Crippen MR) is 206 cm³/mol. The molecule has 0 spiro atoms. The van der Waals surface area contributed by atoms with Crippen LogP contribution in [0, 0.1) is 0 Å². The number of hydrogen-bond acceptors (Lipinski definition) is 4. The highest BCUT2D eigenvalue weighted by Crippen LogP contribution is 2.41. The molecule has 1 heterocycles. The molecule has 0 saturated heterocycles. The summed E-state index contributed by atoms with van der Waals surface area (Å²) in [5.41, 5.74) is 18.8. The number of benzene rings is 3. The van der Waals surface area contributed by atoms with Crippen LogP contribution in [0.3, 0.4) is 0 Å². The van der Waals surface area contributed by atoms with E-state index >= 15 is 0 Å². The Morgan fingerprint density at radius 1 is 0.854 bits per heavy atom. The van der Waals surface area contributed by atoms with Crippen LogP contribution in [0.2, 0.25) is 0 Å². The van der Waals surface area contributed by atoms with E-state index in [-0.39, 0.29) is 16.6 Å². The van der Waals surface area contributed by atoms with Crippen LogP contribution in [0.1, 0.15) is 90.5 Å². The molecule has 3 aromatic carbocycles. The van der Waals surface area contributed by atoms with Crippen LogP contribution in [-0.4, -0.2) is 15.8 Å². The predicted octanol–water partition coefficient (Wildman–Crippen LogP) is 11.5. The Balaban J connectivity index is 1.70. The van der Waals surface area contributed by atoms with Gasteiger partial charge < -0.3 is 10.8 Å². The van der Waals surface area contributed by atoms with Crippen LogP contribution >= 0.6 is 0 Å². The van der Waals surface area contributed by atoms with E-state index in [1.54, 1.807) is 0 Å². The SMILES string of the molecule is C/C=C\C(=C/C)c1ccnc(-c2cc(N=C3C=CCCC3=C(N)c3cc(C(C)(C)C)cc(C(C)(C)C)c3O)cc(-c3ccccc3)c2)c1. The third-order valence-electron chi connectivity index (χ3n) is 8.87. The number of nitrogens with two attached hydrogens (primary N) is 1. The molecule has 0 atom stereocenters. The number of aromatic hydroxyl groups is 1. The van der Waals surface area contributed by atoms with Gasteiger partial charge in [0.2, 0.25) is 0 Å². The topological polar surface area (TPSA) is 71.5 Å². The van der Waals surface area contributed by atoms with Gasteiger partial charge in [0.05, 0.1) is 17.1 Å². The summed E-state index contributed by atoms with van der Waals surface area (Å²) in [5.74, 6) is 0.243. The number of hydrogen-bond donors (Lipinski definition) is 2. The molecule has 4 aromatic rings. The highest BCUT2D eigenvalue weighted by molar-refractivity contribution is 6.14. The van der Waals surface area contributed by atoms with Crippen LogP contribution in [0.4, 0.5) is 5.69 Å². The Morgan fingerprint density at radius 2 is 1.58 bits per heavy atom. The second kappa shape index (κ2) is 14.0. The van der Waals surface area contributed by atoms with E-state index in [1.165, 1.54) is 0 Å². The second-order valence-electron chi connectivity index (χ2n) is 14.6. The maximum absolute atomic E-state index is 11.6. The molecular weight excluding hydrogens is 587 g/mol. The van der Waals surface area contributed by atoms with Crippen LogP contribution < -0.4 is 5.73 Å². The largest absolute Gasteiger partial charge is 0.507 e. The van der Waals surface area contributed by atoms with Gasteiger partial charge in [-0.3, -0.25) is 4.98 Å². The Morgan fingerprint density at radius 3 is 2.25 bits per heavy atom. The Kier molecular flexibility index (Phi) is 10.0. The van der Waals surface area contributed by atoms with Crippen molar-refractivity contribution < 1.29 is 5.11 Å². The first-order valence-corrected chi connectivity index (χ1v) is 16.9. The van der Waals surface area contributed by atoms with Crippen molar-refractivity contribution in [2.75, 3.05) is 0 Å². The molecule has 0 fully saturated rings. The Hall–Kier alpha value is -4.96. The molecule has 3 N–H and O–H groups in total. The summed E-state index contributed by atoms with van der Waals surface area (Å²) >= 11 is 0. The molecule has 1 aliphatic carbocycles. The van der Waals surface area contributed by atoms with Gasteiger partial charge in [0, 0.05) is 34.2 Å². The van der Waals surface area contributed by atoms with E-state index in [0.29, 0.717) is 11.3 Å². The van der Waals surface area contributed by atoms with Gasteiger partial charge in [-0.25, -0.2) is 4.99 Å². The molecule has 0 amide bonds. The fourth-order valence-corrected chi connectivity index (χ4v) is 6.10. The molecular formula is C44H49N3O. The third-order valence-corrected chi connectivity index (χ3v) is 8.87. The number of phenolic OH excluding ortho intramolecular Hbond substituents is 1. The van der Waals surface area contributed by atoms with Gasteiger partial charge in [-0.2, -0.15) is 0 Å². The van der Waals surface area contributed by atoms with Crippen LogP contribution in [0.15, 0.2) is 120 Å². The van der Waals surface area contributed by atoms with Crippen molar-refractivity contribution in [1.29, 1.82) is 0 Å². The quantitative estimate of drug-likeness (QED) is 0.207. The molecule has 0 unspecified atom stereocenters. The standard InChI is InChI=1S/C44H49N3O/c1-9-16-29(10-2)31-21-22-46-40(26-31)33-23-32(30-17-12-11-13-18-30)24-35(25-33)47-39-20-15-14-19-36(39)41(45)37-27-34(43(3,4)5)28-38(42(37)48)44(6,7)8/h9-13,15-18,20-28,48H,14,19,45H2,1-8H3/b16-9-,29-10+,41-36?,47-39?. The van der Waals surface area contributed by atoms with Crippen LogP contribution in [-0.2, 0) is 10.8 Å². The molecule has 0 saturated carbocycles. The van der Waals surface area contributed by atoms with Crippen LogP contribution in [0.25, 0.3) is 33.7 Å². The Bertz CT molecular complexity index is 1960. The minimum Gasteiger partial charge on any atom is -0.507 e. The lowest BCUT2D eigenvalue weighted by molar-refractivity contribution is 0.443. The number of phenols is 1. The lowest BCUT2D eigenvalue weighted by atomic mass is 9.78. The molecule has 0 radical (unpaired) electrons. The number of allylic oxidation sites excluding steroid dienone is 7. The fourth-order valence-electron chi connectivity index (χ4n) is 6.10.